The van der Waals surface area contributed by atoms with Crippen LogP contribution in [-0.4, -0.2) is 84.3 Å². The molecule has 0 spiro atoms. The van der Waals surface area contributed by atoms with Gasteiger partial charge in [0, 0.05) is 17.4 Å². The number of carboxylic acid groups (broad SMARTS) is 1. The van der Waals surface area contributed by atoms with E-state index in [0.29, 0.717) is 12.8 Å². The summed E-state index contributed by atoms with van der Waals surface area (Å²) in [5.74, 6) is -3.16. The molecule has 11 heteroatoms. The highest BCUT2D eigenvalue weighted by molar-refractivity contribution is 6.11. The third kappa shape index (κ3) is 7.88. The molecule has 0 radical (unpaired) electrons. The zero-order chi connectivity index (χ0) is 37.0. The first kappa shape index (κ1) is 37.7. The minimum Gasteiger partial charge on any atom is -0.507 e. The van der Waals surface area contributed by atoms with Crippen LogP contribution >= 0.6 is 0 Å². The summed E-state index contributed by atoms with van der Waals surface area (Å²) >= 11 is 0. The number of benzene rings is 4. The number of rotatable bonds is 14. The summed E-state index contributed by atoms with van der Waals surface area (Å²) in [6.07, 6.45) is -4.51. The van der Waals surface area contributed by atoms with E-state index in [1.54, 1.807) is 0 Å². The van der Waals surface area contributed by atoms with Gasteiger partial charge in [0.2, 0.25) is 6.29 Å². The first-order valence-corrected chi connectivity index (χ1v) is 17.2. The van der Waals surface area contributed by atoms with E-state index in [0.717, 1.165) is 36.1 Å². The lowest BCUT2D eigenvalue weighted by molar-refractivity contribution is -0.315. The van der Waals surface area contributed by atoms with Crippen molar-refractivity contribution in [1.29, 1.82) is 0 Å². The molecule has 7 N–H and O–H groups in total. The van der Waals surface area contributed by atoms with E-state index in [4.69, 9.17) is 9.47 Å². The molecule has 1 heterocycles. The predicted molar refractivity (Wildman–Crippen MR) is 189 cm³/mol. The topological polar surface area (TPSA) is 194 Å². The molecule has 1 aliphatic heterocycles. The molecule has 4 aromatic carbocycles. The van der Waals surface area contributed by atoms with Crippen LogP contribution < -0.4 is 4.74 Å². The molecule has 0 amide bonds. The van der Waals surface area contributed by atoms with Crippen LogP contribution in [0.4, 0.5) is 0 Å². The van der Waals surface area contributed by atoms with E-state index in [9.17, 15) is 45.3 Å². The number of aromatic hydroxyl groups is 2. The molecule has 0 unspecified atom stereocenters. The molecule has 11 nitrogen and oxygen atoms in total. The van der Waals surface area contributed by atoms with Crippen molar-refractivity contribution in [2.24, 2.45) is 5.92 Å². The largest absolute Gasteiger partial charge is 0.507 e. The van der Waals surface area contributed by atoms with Crippen molar-refractivity contribution in [3.8, 4) is 17.2 Å². The SMILES string of the molecule is Cc1c(C(=O)CCc2ccccc2CCc2ccccc2)c(O)c2c(O[C@@H]3O[C@H](CO)[C@](O)(CCC(C)C)[C@H](O)[C@H]3O)cc(C(=O)O)cc2c1O. The first-order chi connectivity index (χ1) is 24.3. The van der Waals surface area contributed by atoms with Crippen LogP contribution in [0.3, 0.4) is 0 Å². The summed E-state index contributed by atoms with van der Waals surface area (Å²) in [5, 5.41) is 75.9. The lowest BCUT2D eigenvalue weighted by atomic mass is 9.79. The Morgan fingerprint density at radius 2 is 1.57 bits per heavy atom. The van der Waals surface area contributed by atoms with Gasteiger partial charge in [0.15, 0.2) is 5.78 Å². The van der Waals surface area contributed by atoms with Gasteiger partial charge >= 0.3 is 5.97 Å². The Morgan fingerprint density at radius 3 is 2.20 bits per heavy atom. The number of ether oxygens (including phenoxy) is 2. The maximum atomic E-state index is 13.8. The van der Waals surface area contributed by atoms with Gasteiger partial charge in [0.25, 0.3) is 0 Å². The van der Waals surface area contributed by atoms with Crippen molar-refractivity contribution < 1.29 is 54.8 Å². The van der Waals surface area contributed by atoms with E-state index in [1.165, 1.54) is 12.5 Å². The van der Waals surface area contributed by atoms with Crippen molar-refractivity contribution in [1.82, 2.24) is 0 Å². The summed E-state index contributed by atoms with van der Waals surface area (Å²) in [6, 6.07) is 20.0. The van der Waals surface area contributed by atoms with Gasteiger partial charge in [0.1, 0.15) is 41.2 Å². The average Bonchev–Trinajstić information content (AvgIpc) is 3.12. The van der Waals surface area contributed by atoms with Crippen molar-refractivity contribution in [2.45, 2.75) is 89.5 Å². The molecule has 5 rings (SSSR count). The summed E-state index contributed by atoms with van der Waals surface area (Å²) in [5.41, 5.74) is 0.712. The Bertz CT molecular complexity index is 1870. The third-order valence-electron chi connectivity index (χ3n) is 9.85. The molecule has 0 aromatic heterocycles. The Labute approximate surface area is 296 Å². The van der Waals surface area contributed by atoms with Crippen LogP contribution in [-0.2, 0) is 24.0 Å². The number of aliphatic hydroxyl groups is 4. The normalized spacial score (nSPS) is 22.0. The molecule has 0 saturated carbocycles. The Hall–Kier alpha value is -4.52. The second-order valence-electron chi connectivity index (χ2n) is 13.7. The lowest BCUT2D eigenvalue weighted by Gasteiger charge is -2.48. The van der Waals surface area contributed by atoms with Gasteiger partial charge in [-0.15, -0.1) is 0 Å². The standard InChI is InChI=1S/C40H46O11/c1-22(2)17-18-40(49)31(21-41)51-39(36(45)37(40)46)50-30-20-27(38(47)48)19-28-33(30)35(44)32(23(3)34(28)43)29(42)16-15-26-12-8-7-11-25(26)14-13-24-9-5-4-6-10-24/h4-12,19-20,22,31,36-37,39,41,43-46,49H,13-18,21H2,1-3H3,(H,47,48)/t31-,36-,37-,39-,40-/m1/s1. The molecule has 4 aromatic rings. The van der Waals surface area contributed by atoms with E-state index in [2.05, 4.69) is 12.1 Å². The number of hydrogen-bond acceptors (Lipinski definition) is 10. The maximum Gasteiger partial charge on any atom is 0.335 e. The number of aliphatic hydroxyl groups excluding tert-OH is 3. The average molecular weight is 703 g/mol. The molecule has 1 fully saturated rings. The fourth-order valence-corrected chi connectivity index (χ4v) is 6.82. The number of hydrogen-bond donors (Lipinski definition) is 7. The second-order valence-corrected chi connectivity index (χ2v) is 13.7. The Kier molecular flexibility index (Phi) is 11.7. The zero-order valence-electron chi connectivity index (χ0n) is 29.0. The molecule has 5 atom stereocenters. The van der Waals surface area contributed by atoms with E-state index >= 15 is 0 Å². The number of ketones is 1. The minimum atomic E-state index is -2.03. The molecule has 0 bridgehead atoms. The summed E-state index contributed by atoms with van der Waals surface area (Å²) in [6.45, 7) is 4.52. The van der Waals surface area contributed by atoms with Gasteiger partial charge in [-0.25, -0.2) is 4.79 Å². The second kappa shape index (κ2) is 15.8. The molecular formula is C40H46O11. The smallest absolute Gasteiger partial charge is 0.335 e. The molecule has 51 heavy (non-hydrogen) atoms. The summed E-state index contributed by atoms with van der Waals surface area (Å²) < 4.78 is 11.7. The highest BCUT2D eigenvalue weighted by Gasteiger charge is 2.55. The third-order valence-corrected chi connectivity index (χ3v) is 9.85. The number of phenols is 2. The van der Waals surface area contributed by atoms with Crippen molar-refractivity contribution in [2.75, 3.05) is 6.61 Å². The summed E-state index contributed by atoms with van der Waals surface area (Å²) in [7, 11) is 0. The number of phenolic OH excluding ortho intramolecular Hbond substituents is 2. The molecule has 1 aliphatic rings. The number of Topliss-reactive ketones (excluding diaryl/α,β-unsaturated/α-hetero) is 1. The number of carbonyl (C=O) groups excluding carboxylic acids is 1. The van der Waals surface area contributed by atoms with Gasteiger partial charge < -0.3 is 45.2 Å². The van der Waals surface area contributed by atoms with E-state index < -0.39 is 60.1 Å². The fourth-order valence-electron chi connectivity index (χ4n) is 6.82. The van der Waals surface area contributed by atoms with E-state index in [1.807, 2.05) is 56.3 Å². The number of aromatic carboxylic acids is 1. The highest BCUT2D eigenvalue weighted by atomic mass is 16.7. The number of fused-ring (bicyclic) bond motifs is 1. The number of carbonyl (C=O) groups is 2. The van der Waals surface area contributed by atoms with Crippen molar-refractivity contribution in [3.63, 3.8) is 0 Å². The summed E-state index contributed by atoms with van der Waals surface area (Å²) in [4.78, 5) is 25.9. The Morgan fingerprint density at radius 1 is 0.922 bits per heavy atom. The van der Waals surface area contributed by atoms with Gasteiger partial charge in [0.05, 0.1) is 23.1 Å². The van der Waals surface area contributed by atoms with Gasteiger partial charge in [-0.2, -0.15) is 0 Å². The molecule has 0 aliphatic carbocycles. The van der Waals surface area contributed by atoms with Gasteiger partial charge in [-0.05, 0) is 73.8 Å². The molecular weight excluding hydrogens is 656 g/mol. The monoisotopic (exact) mass is 702 g/mol. The Balaban J connectivity index is 1.47. The predicted octanol–water partition coefficient (Wildman–Crippen LogP) is 4.84. The van der Waals surface area contributed by atoms with Crippen LogP contribution in [0.15, 0.2) is 66.7 Å². The van der Waals surface area contributed by atoms with Crippen molar-refractivity contribution in [3.05, 3.63) is 100 Å². The molecule has 272 valence electrons. The van der Waals surface area contributed by atoms with Gasteiger partial charge in [-0.3, -0.25) is 4.79 Å². The maximum absolute atomic E-state index is 13.8. The first-order valence-electron chi connectivity index (χ1n) is 17.2. The van der Waals surface area contributed by atoms with Gasteiger partial charge in [-0.1, -0.05) is 68.4 Å². The van der Waals surface area contributed by atoms with Crippen LogP contribution in [0.5, 0.6) is 17.2 Å². The number of carboxylic acids is 1. The van der Waals surface area contributed by atoms with Crippen LogP contribution in [0.1, 0.15) is 76.1 Å². The number of aryl methyl sites for hydroxylation is 3. The lowest BCUT2D eigenvalue weighted by Crippen LogP contribution is -2.67. The van der Waals surface area contributed by atoms with Crippen LogP contribution in [0.25, 0.3) is 10.8 Å². The van der Waals surface area contributed by atoms with E-state index in [-0.39, 0.29) is 52.0 Å². The quantitative estimate of drug-likeness (QED) is 0.0702. The minimum absolute atomic E-state index is 0.00478. The highest BCUT2D eigenvalue weighted by Crippen LogP contribution is 2.46. The van der Waals surface area contributed by atoms with Crippen molar-refractivity contribution >= 4 is 22.5 Å². The van der Waals surface area contributed by atoms with Crippen LogP contribution in [0, 0.1) is 12.8 Å². The van der Waals surface area contributed by atoms with Crippen LogP contribution in [0.2, 0.25) is 0 Å². The molecule has 1 saturated heterocycles. The fraction of sp³-hybridized carbons (Fsp3) is 0.400. The zero-order valence-corrected chi connectivity index (χ0v) is 29.0.